The summed E-state index contributed by atoms with van der Waals surface area (Å²) in [7, 11) is 0.966. The molecule has 12 heavy (non-hydrogen) atoms. The molecule has 0 amide bonds. The molecule has 0 aliphatic rings. The van der Waals surface area contributed by atoms with Crippen LogP contribution < -0.4 is 0 Å². The molecule has 0 saturated heterocycles. The van der Waals surface area contributed by atoms with Gasteiger partial charge in [-0.25, -0.2) is 0 Å². The molecule has 0 N–H and O–H groups in total. The van der Waals surface area contributed by atoms with Crippen LogP contribution in [0.15, 0.2) is 0 Å². The standard InChI is InChI=1S/C7H18O3SSi/c1-8-12(3,9-2)10-6-4-5-7-11/h11H,4-7H2,1-3H3. The molecule has 0 saturated carbocycles. The predicted octanol–water partition coefficient (Wildman–Crippen LogP) is 1.57. The van der Waals surface area contributed by atoms with E-state index in [2.05, 4.69) is 12.6 Å². The molecule has 0 aliphatic heterocycles. The highest BCUT2D eigenvalue weighted by molar-refractivity contribution is 7.80. The zero-order valence-corrected chi connectivity index (χ0v) is 9.89. The molecular weight excluding hydrogens is 192 g/mol. The SMILES string of the molecule is CO[Si](C)(OC)OCCCCS. The van der Waals surface area contributed by atoms with Crippen LogP contribution in [0.2, 0.25) is 6.55 Å². The summed E-state index contributed by atoms with van der Waals surface area (Å²) in [5.74, 6) is 0.904. The third-order valence-corrected chi connectivity index (χ3v) is 4.19. The molecule has 0 aromatic heterocycles. The topological polar surface area (TPSA) is 27.7 Å². The molecule has 0 aliphatic carbocycles. The van der Waals surface area contributed by atoms with Crippen LogP contribution >= 0.6 is 12.6 Å². The van der Waals surface area contributed by atoms with Crippen molar-refractivity contribution in [1.29, 1.82) is 0 Å². The molecule has 0 atom stereocenters. The van der Waals surface area contributed by atoms with Gasteiger partial charge in [-0.3, -0.25) is 0 Å². The van der Waals surface area contributed by atoms with Crippen LogP contribution in [-0.2, 0) is 13.3 Å². The Morgan fingerprint density at radius 3 is 2.17 bits per heavy atom. The molecule has 0 spiro atoms. The monoisotopic (exact) mass is 210 g/mol. The molecule has 0 aromatic carbocycles. The lowest BCUT2D eigenvalue weighted by molar-refractivity contribution is 0.104. The Bertz CT molecular complexity index is 109. The second kappa shape index (κ2) is 6.91. The summed E-state index contributed by atoms with van der Waals surface area (Å²) in [4.78, 5) is 0. The summed E-state index contributed by atoms with van der Waals surface area (Å²) < 4.78 is 15.8. The van der Waals surface area contributed by atoms with E-state index in [1.165, 1.54) is 0 Å². The molecule has 0 heterocycles. The van der Waals surface area contributed by atoms with Crippen LogP contribution in [-0.4, -0.2) is 35.4 Å². The first kappa shape index (κ1) is 12.4. The van der Waals surface area contributed by atoms with Gasteiger partial charge < -0.3 is 13.3 Å². The fourth-order valence-electron chi connectivity index (χ4n) is 0.673. The van der Waals surface area contributed by atoms with Crippen molar-refractivity contribution in [2.45, 2.75) is 19.4 Å². The molecule has 0 rings (SSSR count). The van der Waals surface area contributed by atoms with Crippen LogP contribution in [0.4, 0.5) is 0 Å². The van der Waals surface area contributed by atoms with E-state index in [1.54, 1.807) is 14.2 Å². The smallest absolute Gasteiger partial charge is 0.377 e. The maximum atomic E-state index is 5.49. The van der Waals surface area contributed by atoms with Crippen molar-refractivity contribution >= 4 is 21.4 Å². The van der Waals surface area contributed by atoms with E-state index < -0.39 is 8.80 Å². The first-order valence-corrected chi connectivity index (χ1v) is 6.89. The number of hydrogen-bond donors (Lipinski definition) is 1. The van der Waals surface area contributed by atoms with E-state index in [9.17, 15) is 0 Å². The number of hydrogen-bond acceptors (Lipinski definition) is 4. The van der Waals surface area contributed by atoms with E-state index in [-0.39, 0.29) is 0 Å². The Morgan fingerprint density at radius 2 is 1.75 bits per heavy atom. The van der Waals surface area contributed by atoms with Gasteiger partial charge in [0.1, 0.15) is 0 Å². The largest absolute Gasteiger partial charge is 0.497 e. The van der Waals surface area contributed by atoms with E-state index >= 15 is 0 Å². The van der Waals surface area contributed by atoms with Crippen LogP contribution in [0.25, 0.3) is 0 Å². The fraction of sp³-hybridized carbons (Fsp3) is 1.00. The summed E-state index contributed by atoms with van der Waals surface area (Å²) in [6, 6.07) is 0. The van der Waals surface area contributed by atoms with Crippen molar-refractivity contribution < 1.29 is 13.3 Å². The second-order valence-electron chi connectivity index (χ2n) is 2.55. The van der Waals surface area contributed by atoms with Gasteiger partial charge in [-0.15, -0.1) is 0 Å². The Labute approximate surface area is 81.2 Å². The summed E-state index contributed by atoms with van der Waals surface area (Å²) >= 11 is 4.11. The Balaban J connectivity index is 3.45. The minimum absolute atomic E-state index is 0.699. The van der Waals surface area contributed by atoms with Gasteiger partial charge in [0.2, 0.25) is 0 Å². The molecule has 0 aromatic rings. The number of unbranched alkanes of at least 4 members (excludes halogenated alkanes) is 1. The fourth-order valence-corrected chi connectivity index (χ4v) is 1.81. The number of rotatable bonds is 7. The van der Waals surface area contributed by atoms with Crippen molar-refractivity contribution in [3.05, 3.63) is 0 Å². The molecule has 0 fully saturated rings. The van der Waals surface area contributed by atoms with E-state index in [0.29, 0.717) is 6.61 Å². The molecule has 0 unspecified atom stereocenters. The lowest BCUT2D eigenvalue weighted by atomic mass is 10.4. The lowest BCUT2D eigenvalue weighted by Crippen LogP contribution is -2.40. The van der Waals surface area contributed by atoms with Gasteiger partial charge in [-0.2, -0.15) is 12.6 Å². The summed E-state index contributed by atoms with van der Waals surface area (Å²) in [6.07, 6.45) is 2.08. The van der Waals surface area contributed by atoms with Gasteiger partial charge in [0.15, 0.2) is 0 Å². The van der Waals surface area contributed by atoms with E-state index in [4.69, 9.17) is 13.3 Å². The van der Waals surface area contributed by atoms with Crippen molar-refractivity contribution in [2.24, 2.45) is 0 Å². The van der Waals surface area contributed by atoms with Gasteiger partial charge in [-0.05, 0) is 18.6 Å². The van der Waals surface area contributed by atoms with Gasteiger partial charge in [0, 0.05) is 27.4 Å². The van der Waals surface area contributed by atoms with Crippen molar-refractivity contribution in [3.63, 3.8) is 0 Å². The summed E-state index contributed by atoms with van der Waals surface area (Å²) in [5.41, 5.74) is 0. The lowest BCUT2D eigenvalue weighted by Gasteiger charge is -2.21. The molecule has 3 nitrogen and oxygen atoms in total. The van der Waals surface area contributed by atoms with Crippen LogP contribution in [0.1, 0.15) is 12.8 Å². The van der Waals surface area contributed by atoms with Crippen molar-refractivity contribution in [3.8, 4) is 0 Å². The average Bonchev–Trinajstić information content (AvgIpc) is 2.12. The summed E-state index contributed by atoms with van der Waals surface area (Å²) in [6.45, 7) is 2.58. The molecule has 0 bridgehead atoms. The average molecular weight is 210 g/mol. The highest BCUT2D eigenvalue weighted by Crippen LogP contribution is 2.07. The first-order valence-electron chi connectivity index (χ1n) is 4.03. The molecule has 5 heteroatoms. The van der Waals surface area contributed by atoms with Crippen LogP contribution in [0.3, 0.4) is 0 Å². The van der Waals surface area contributed by atoms with Crippen LogP contribution in [0, 0.1) is 0 Å². The maximum absolute atomic E-state index is 5.49. The quantitative estimate of drug-likeness (QED) is 0.393. The van der Waals surface area contributed by atoms with Gasteiger partial charge in [0.05, 0.1) is 0 Å². The molecule has 74 valence electrons. The third kappa shape index (κ3) is 5.16. The predicted molar refractivity (Wildman–Crippen MR) is 54.7 cm³/mol. The highest BCUT2D eigenvalue weighted by Gasteiger charge is 2.31. The highest BCUT2D eigenvalue weighted by atomic mass is 32.1. The second-order valence-corrected chi connectivity index (χ2v) is 5.83. The third-order valence-electron chi connectivity index (χ3n) is 1.66. The zero-order chi connectivity index (χ0) is 9.45. The van der Waals surface area contributed by atoms with Gasteiger partial charge in [-0.1, -0.05) is 0 Å². The maximum Gasteiger partial charge on any atom is 0.497 e. The molecule has 0 radical (unpaired) electrons. The summed E-state index contributed by atoms with van der Waals surface area (Å²) in [5, 5.41) is 0. The Kier molecular flexibility index (Phi) is 7.17. The molecular formula is C7H18O3SSi. The van der Waals surface area contributed by atoms with Crippen molar-refractivity contribution in [1.82, 2.24) is 0 Å². The van der Waals surface area contributed by atoms with E-state index in [0.717, 1.165) is 18.6 Å². The minimum atomic E-state index is -2.27. The zero-order valence-electron chi connectivity index (χ0n) is 8.00. The van der Waals surface area contributed by atoms with Gasteiger partial charge >= 0.3 is 8.80 Å². The minimum Gasteiger partial charge on any atom is -0.377 e. The normalized spacial score (nSPS) is 12.0. The number of thiol groups is 1. The van der Waals surface area contributed by atoms with Crippen LogP contribution in [0.5, 0.6) is 0 Å². The Morgan fingerprint density at radius 1 is 1.17 bits per heavy atom. The van der Waals surface area contributed by atoms with Crippen molar-refractivity contribution in [2.75, 3.05) is 26.6 Å². The first-order chi connectivity index (χ1) is 5.68. The van der Waals surface area contributed by atoms with E-state index in [1.807, 2.05) is 6.55 Å². The van der Waals surface area contributed by atoms with Gasteiger partial charge in [0.25, 0.3) is 0 Å². The Hall–Kier alpha value is 0.447.